The van der Waals surface area contributed by atoms with E-state index in [1.165, 1.54) is 4.90 Å². The molecule has 1 saturated heterocycles. The van der Waals surface area contributed by atoms with Crippen molar-refractivity contribution in [1.82, 2.24) is 4.90 Å². The van der Waals surface area contributed by atoms with E-state index in [0.717, 1.165) is 19.3 Å². The zero-order valence-corrected chi connectivity index (χ0v) is 10.6. The molecule has 0 aromatic carbocycles. The van der Waals surface area contributed by atoms with Crippen LogP contribution in [0.15, 0.2) is 0 Å². The summed E-state index contributed by atoms with van der Waals surface area (Å²) in [6.45, 7) is 2.02. The number of carboxylic acid groups (broad SMARTS) is 1. The van der Waals surface area contributed by atoms with Gasteiger partial charge in [-0.05, 0) is 32.1 Å². The van der Waals surface area contributed by atoms with E-state index in [-0.39, 0.29) is 23.7 Å². The maximum Gasteiger partial charge on any atom is 0.306 e. The number of carbonyl (C=O) groups excluding carboxylic acids is 2. The highest BCUT2D eigenvalue weighted by molar-refractivity contribution is 6.00. The van der Waals surface area contributed by atoms with Crippen LogP contribution in [0.5, 0.6) is 0 Å². The predicted molar refractivity (Wildman–Crippen MR) is 63.6 cm³/mol. The van der Waals surface area contributed by atoms with E-state index in [2.05, 4.69) is 0 Å². The van der Waals surface area contributed by atoms with Crippen LogP contribution in [0.3, 0.4) is 0 Å². The van der Waals surface area contributed by atoms with Crippen LogP contribution in [0.1, 0.15) is 39.0 Å². The second-order valence-corrected chi connectivity index (χ2v) is 5.42. The Kier molecular flexibility index (Phi) is 3.68. The van der Waals surface area contributed by atoms with Gasteiger partial charge in [0.25, 0.3) is 0 Å². The standard InChI is InChI=1S/C13H19NO4/c1-8(13(17)18)3-2-6-14-11(15)9-4-5-10(7-9)12(14)16/h8-10H,2-7H2,1H3,(H,17,18). The summed E-state index contributed by atoms with van der Waals surface area (Å²) in [6.07, 6.45) is 3.46. The molecule has 3 atom stereocenters. The zero-order valence-electron chi connectivity index (χ0n) is 10.6. The number of rotatable bonds is 5. The number of carbonyl (C=O) groups is 3. The molecule has 3 unspecified atom stereocenters. The van der Waals surface area contributed by atoms with Gasteiger partial charge in [-0.25, -0.2) is 0 Å². The fourth-order valence-corrected chi connectivity index (χ4v) is 2.88. The van der Waals surface area contributed by atoms with Crippen molar-refractivity contribution in [2.24, 2.45) is 17.8 Å². The maximum atomic E-state index is 12.0. The number of hydrogen-bond acceptors (Lipinski definition) is 3. The van der Waals surface area contributed by atoms with Gasteiger partial charge in [-0.1, -0.05) is 6.92 Å². The molecule has 1 aliphatic heterocycles. The summed E-state index contributed by atoms with van der Waals surface area (Å²) >= 11 is 0. The maximum absolute atomic E-state index is 12.0. The van der Waals surface area contributed by atoms with Crippen LogP contribution >= 0.6 is 0 Å². The third-order valence-corrected chi connectivity index (χ3v) is 4.10. The molecule has 2 aliphatic rings. The number of aliphatic carboxylic acids is 1. The molecular formula is C13H19NO4. The molecule has 1 N–H and O–H groups in total. The van der Waals surface area contributed by atoms with Crippen molar-refractivity contribution >= 4 is 17.8 Å². The molecule has 0 aromatic heterocycles. The summed E-state index contributed by atoms with van der Waals surface area (Å²) in [5, 5.41) is 8.77. The fourth-order valence-electron chi connectivity index (χ4n) is 2.88. The van der Waals surface area contributed by atoms with Crippen LogP contribution in [0.25, 0.3) is 0 Å². The van der Waals surface area contributed by atoms with Crippen LogP contribution in [0.4, 0.5) is 0 Å². The molecule has 2 amide bonds. The third kappa shape index (κ3) is 2.40. The van der Waals surface area contributed by atoms with Gasteiger partial charge in [-0.15, -0.1) is 0 Å². The van der Waals surface area contributed by atoms with Crippen molar-refractivity contribution in [3.05, 3.63) is 0 Å². The smallest absolute Gasteiger partial charge is 0.306 e. The van der Waals surface area contributed by atoms with Crippen molar-refractivity contribution in [3.8, 4) is 0 Å². The zero-order chi connectivity index (χ0) is 13.3. The molecule has 1 aliphatic carbocycles. The van der Waals surface area contributed by atoms with Crippen LogP contribution in [-0.2, 0) is 14.4 Å². The van der Waals surface area contributed by atoms with Crippen molar-refractivity contribution < 1.29 is 19.5 Å². The number of fused-ring (bicyclic) bond motifs is 2. The Hall–Kier alpha value is -1.39. The Balaban J connectivity index is 1.87. The lowest BCUT2D eigenvalue weighted by Gasteiger charge is -2.29. The molecule has 5 heteroatoms. The highest BCUT2D eigenvalue weighted by Crippen LogP contribution is 2.38. The summed E-state index contributed by atoms with van der Waals surface area (Å²) in [7, 11) is 0. The molecule has 2 fully saturated rings. The second kappa shape index (κ2) is 5.08. The lowest BCUT2D eigenvalue weighted by atomic mass is 9.96. The first-order chi connectivity index (χ1) is 8.50. The first kappa shape index (κ1) is 13.1. The van der Waals surface area contributed by atoms with E-state index in [9.17, 15) is 14.4 Å². The third-order valence-electron chi connectivity index (χ3n) is 4.10. The average molecular weight is 253 g/mol. The Labute approximate surface area is 106 Å². The number of hydrogen-bond donors (Lipinski definition) is 1. The minimum Gasteiger partial charge on any atom is -0.481 e. The van der Waals surface area contributed by atoms with Gasteiger partial charge in [0.05, 0.1) is 5.92 Å². The lowest BCUT2D eigenvalue weighted by Crippen LogP contribution is -2.46. The summed E-state index contributed by atoms with van der Waals surface area (Å²) in [4.78, 5) is 36.0. The van der Waals surface area contributed by atoms with Gasteiger partial charge in [0.15, 0.2) is 0 Å². The molecule has 1 saturated carbocycles. The van der Waals surface area contributed by atoms with E-state index >= 15 is 0 Å². The van der Waals surface area contributed by atoms with E-state index in [1.807, 2.05) is 0 Å². The van der Waals surface area contributed by atoms with E-state index in [1.54, 1.807) is 6.92 Å². The molecule has 2 bridgehead atoms. The minimum atomic E-state index is -0.827. The monoisotopic (exact) mass is 253 g/mol. The van der Waals surface area contributed by atoms with Gasteiger partial charge in [-0.2, -0.15) is 0 Å². The second-order valence-electron chi connectivity index (χ2n) is 5.42. The van der Waals surface area contributed by atoms with Gasteiger partial charge >= 0.3 is 5.97 Å². The van der Waals surface area contributed by atoms with Crippen LogP contribution in [0, 0.1) is 17.8 Å². The highest BCUT2D eigenvalue weighted by Gasteiger charge is 2.44. The van der Waals surface area contributed by atoms with Crippen molar-refractivity contribution in [2.75, 3.05) is 6.54 Å². The molecule has 1 heterocycles. The quantitative estimate of drug-likeness (QED) is 0.749. The minimum absolute atomic E-state index is 0.0320. The number of imide groups is 1. The first-order valence-corrected chi connectivity index (χ1v) is 6.58. The topological polar surface area (TPSA) is 74.7 Å². The van der Waals surface area contributed by atoms with Gasteiger partial charge in [0.1, 0.15) is 0 Å². The van der Waals surface area contributed by atoms with Gasteiger partial charge in [-0.3, -0.25) is 19.3 Å². The average Bonchev–Trinajstić information content (AvgIpc) is 2.77. The van der Waals surface area contributed by atoms with Crippen LogP contribution < -0.4 is 0 Å². The molecule has 18 heavy (non-hydrogen) atoms. The highest BCUT2D eigenvalue weighted by atomic mass is 16.4. The number of carboxylic acids is 1. The largest absolute Gasteiger partial charge is 0.481 e. The number of likely N-dealkylation sites (tertiary alicyclic amines) is 1. The van der Waals surface area contributed by atoms with Gasteiger partial charge in [0.2, 0.25) is 11.8 Å². The normalized spacial score (nSPS) is 28.6. The predicted octanol–water partition coefficient (Wildman–Crippen LogP) is 1.27. The summed E-state index contributed by atoms with van der Waals surface area (Å²) in [5.41, 5.74) is 0. The number of amides is 2. The SMILES string of the molecule is CC(CCCN1C(=O)C2CCC(C2)C1=O)C(=O)O. The van der Waals surface area contributed by atoms with E-state index < -0.39 is 11.9 Å². The van der Waals surface area contributed by atoms with E-state index in [4.69, 9.17) is 5.11 Å². The molecule has 2 rings (SSSR count). The first-order valence-electron chi connectivity index (χ1n) is 6.58. The van der Waals surface area contributed by atoms with Crippen LogP contribution in [-0.4, -0.2) is 34.3 Å². The number of nitrogens with zero attached hydrogens (tertiary/aromatic N) is 1. The van der Waals surface area contributed by atoms with Crippen LogP contribution in [0.2, 0.25) is 0 Å². The summed E-state index contributed by atoms with van der Waals surface area (Å²) in [5.74, 6) is -1.27. The Morgan fingerprint density at radius 1 is 1.33 bits per heavy atom. The molecule has 0 spiro atoms. The molecule has 5 nitrogen and oxygen atoms in total. The fraction of sp³-hybridized carbons (Fsp3) is 0.769. The summed E-state index contributed by atoms with van der Waals surface area (Å²) in [6, 6.07) is 0. The molecular weight excluding hydrogens is 234 g/mol. The van der Waals surface area contributed by atoms with Crippen molar-refractivity contribution in [1.29, 1.82) is 0 Å². The molecule has 100 valence electrons. The Morgan fingerprint density at radius 2 is 1.89 bits per heavy atom. The Bertz CT molecular complexity index is 357. The Morgan fingerprint density at radius 3 is 2.39 bits per heavy atom. The van der Waals surface area contributed by atoms with Gasteiger partial charge < -0.3 is 5.11 Å². The lowest BCUT2D eigenvalue weighted by molar-refractivity contribution is -0.152. The van der Waals surface area contributed by atoms with Crippen molar-refractivity contribution in [3.63, 3.8) is 0 Å². The van der Waals surface area contributed by atoms with Gasteiger partial charge in [0, 0.05) is 18.4 Å². The summed E-state index contributed by atoms with van der Waals surface area (Å²) < 4.78 is 0. The number of piperidine rings is 1. The van der Waals surface area contributed by atoms with Crippen molar-refractivity contribution in [2.45, 2.75) is 39.0 Å². The molecule has 0 aromatic rings. The van der Waals surface area contributed by atoms with E-state index in [0.29, 0.717) is 19.4 Å². The molecule has 0 radical (unpaired) electrons.